The van der Waals surface area contributed by atoms with Gasteiger partial charge in [-0.3, -0.25) is 4.79 Å². The predicted octanol–water partition coefficient (Wildman–Crippen LogP) is 1.23. The maximum absolute atomic E-state index is 12.6. The van der Waals surface area contributed by atoms with E-state index in [1.807, 2.05) is 0 Å². The van der Waals surface area contributed by atoms with Gasteiger partial charge in [0.25, 0.3) is 0 Å². The Morgan fingerprint density at radius 1 is 1.36 bits per heavy atom. The van der Waals surface area contributed by atoms with E-state index in [9.17, 15) is 18.0 Å². The van der Waals surface area contributed by atoms with Crippen LogP contribution in [0.4, 0.5) is 0 Å². The zero-order chi connectivity index (χ0) is 18.8. The number of aryl methyl sites for hydroxylation is 1. The molecule has 140 valence electrons. The van der Waals surface area contributed by atoms with Crippen molar-refractivity contribution in [3.05, 3.63) is 23.2 Å². The van der Waals surface area contributed by atoms with E-state index in [1.165, 1.54) is 31.9 Å². The van der Waals surface area contributed by atoms with Gasteiger partial charge in [0.1, 0.15) is 22.3 Å². The Morgan fingerprint density at radius 2 is 1.96 bits per heavy atom. The largest absolute Gasteiger partial charge is 0.478 e. The smallest absolute Gasteiger partial charge is 0.339 e. The lowest BCUT2D eigenvalue weighted by atomic mass is 10.2. The number of furan rings is 1. The van der Waals surface area contributed by atoms with Crippen molar-refractivity contribution in [2.45, 2.75) is 43.7 Å². The summed E-state index contributed by atoms with van der Waals surface area (Å²) in [6.07, 6.45) is 0.784. The molecule has 25 heavy (non-hydrogen) atoms. The second-order valence-electron chi connectivity index (χ2n) is 6.23. The van der Waals surface area contributed by atoms with E-state index in [0.29, 0.717) is 31.8 Å². The first kappa shape index (κ1) is 19.5. The van der Waals surface area contributed by atoms with Crippen molar-refractivity contribution < 1.29 is 32.3 Å². The molecule has 1 fully saturated rings. The van der Waals surface area contributed by atoms with Crippen LogP contribution in [0.15, 0.2) is 10.5 Å². The van der Waals surface area contributed by atoms with Crippen LogP contribution in [-0.4, -0.2) is 61.1 Å². The number of carboxylic acids is 1. The fourth-order valence-corrected chi connectivity index (χ4v) is 4.78. The molecule has 0 saturated carbocycles. The molecule has 1 unspecified atom stereocenters. The van der Waals surface area contributed by atoms with Crippen LogP contribution < -0.4 is 0 Å². The third-order valence-electron chi connectivity index (χ3n) is 4.44. The number of ether oxygens (including phenoxy) is 1. The Bertz CT molecular complexity index is 747. The first-order valence-electron chi connectivity index (χ1n) is 8.02. The van der Waals surface area contributed by atoms with Gasteiger partial charge in [0.2, 0.25) is 5.91 Å². The molecule has 1 atom stereocenters. The summed E-state index contributed by atoms with van der Waals surface area (Å²) >= 11 is 0. The molecule has 0 aromatic carbocycles. The van der Waals surface area contributed by atoms with Crippen LogP contribution >= 0.6 is 0 Å². The van der Waals surface area contributed by atoms with Gasteiger partial charge in [-0.2, -0.15) is 0 Å². The normalized spacial score (nSPS) is 17.2. The molecule has 0 radical (unpaired) electrons. The third kappa shape index (κ3) is 4.21. The zero-order valence-electron chi connectivity index (χ0n) is 14.5. The standard InChI is InChI=1S/C16H23NO7S/c1-10-14(16(19)20)8-12(24-10)9-17(3)15(18)11(2)25(21,22)13-4-6-23-7-5-13/h8,11,13H,4-7,9H2,1-3H3,(H,19,20). The highest BCUT2D eigenvalue weighted by Crippen LogP contribution is 2.22. The maximum Gasteiger partial charge on any atom is 0.339 e. The second-order valence-corrected chi connectivity index (χ2v) is 8.78. The number of rotatable bonds is 6. The van der Waals surface area contributed by atoms with Crippen LogP contribution in [0.5, 0.6) is 0 Å². The highest BCUT2D eigenvalue weighted by Gasteiger charge is 2.37. The molecule has 0 aliphatic carbocycles. The lowest BCUT2D eigenvalue weighted by Gasteiger charge is -2.27. The van der Waals surface area contributed by atoms with Crippen molar-refractivity contribution in [1.82, 2.24) is 4.90 Å². The van der Waals surface area contributed by atoms with Gasteiger partial charge in [-0.15, -0.1) is 0 Å². The van der Waals surface area contributed by atoms with Gasteiger partial charge in [-0.05, 0) is 32.8 Å². The lowest BCUT2D eigenvalue weighted by molar-refractivity contribution is -0.129. The van der Waals surface area contributed by atoms with Crippen LogP contribution in [0.25, 0.3) is 0 Å². The van der Waals surface area contributed by atoms with Gasteiger partial charge in [0.05, 0.1) is 11.8 Å². The molecule has 0 bridgehead atoms. The summed E-state index contributed by atoms with van der Waals surface area (Å²) in [7, 11) is -2.14. The van der Waals surface area contributed by atoms with Crippen molar-refractivity contribution in [3.63, 3.8) is 0 Å². The Kier molecular flexibility index (Phi) is 5.89. The number of nitrogens with zero attached hydrogens (tertiary/aromatic N) is 1. The van der Waals surface area contributed by atoms with Gasteiger partial charge in [-0.25, -0.2) is 13.2 Å². The monoisotopic (exact) mass is 373 g/mol. The van der Waals surface area contributed by atoms with E-state index in [0.717, 1.165) is 0 Å². The average molecular weight is 373 g/mol. The molecule has 8 nitrogen and oxygen atoms in total. The van der Waals surface area contributed by atoms with E-state index in [4.69, 9.17) is 14.3 Å². The van der Waals surface area contributed by atoms with Crippen LogP contribution in [0, 0.1) is 6.92 Å². The molecule has 2 rings (SSSR count). The van der Waals surface area contributed by atoms with Crippen molar-refractivity contribution in [2.75, 3.05) is 20.3 Å². The highest BCUT2D eigenvalue weighted by atomic mass is 32.2. The lowest BCUT2D eigenvalue weighted by Crippen LogP contribution is -2.44. The minimum absolute atomic E-state index is 0.000586. The van der Waals surface area contributed by atoms with E-state index in [2.05, 4.69) is 0 Å². The number of carbonyl (C=O) groups is 2. The Balaban J connectivity index is 2.08. The molecule has 2 heterocycles. The predicted molar refractivity (Wildman–Crippen MR) is 89.1 cm³/mol. The van der Waals surface area contributed by atoms with Gasteiger partial charge in [0.15, 0.2) is 9.84 Å². The fourth-order valence-electron chi connectivity index (χ4n) is 2.89. The molecule has 1 aliphatic rings. The van der Waals surface area contributed by atoms with E-state index in [-0.39, 0.29) is 17.9 Å². The first-order valence-corrected chi connectivity index (χ1v) is 9.63. The van der Waals surface area contributed by atoms with Gasteiger partial charge in [-0.1, -0.05) is 0 Å². The number of sulfone groups is 1. The second kappa shape index (κ2) is 7.57. The summed E-state index contributed by atoms with van der Waals surface area (Å²) in [5, 5.41) is 7.29. The highest BCUT2D eigenvalue weighted by molar-refractivity contribution is 7.93. The molecule has 1 amide bonds. The minimum Gasteiger partial charge on any atom is -0.478 e. The molecule has 0 spiro atoms. The van der Waals surface area contributed by atoms with Crippen LogP contribution in [0.1, 0.15) is 41.6 Å². The minimum atomic E-state index is -3.61. The number of amides is 1. The zero-order valence-corrected chi connectivity index (χ0v) is 15.3. The maximum atomic E-state index is 12.6. The Labute approximate surface area is 146 Å². The topological polar surface area (TPSA) is 114 Å². The van der Waals surface area contributed by atoms with Crippen molar-refractivity contribution in [2.24, 2.45) is 0 Å². The quantitative estimate of drug-likeness (QED) is 0.797. The fraction of sp³-hybridized carbons (Fsp3) is 0.625. The first-order chi connectivity index (χ1) is 11.6. The summed E-state index contributed by atoms with van der Waals surface area (Å²) in [5.74, 6) is -1.12. The SMILES string of the molecule is Cc1oc(CN(C)C(=O)C(C)S(=O)(=O)C2CCOCC2)cc1C(=O)O. The molecule has 9 heteroatoms. The van der Waals surface area contributed by atoms with Gasteiger partial charge in [0, 0.05) is 20.3 Å². The van der Waals surface area contributed by atoms with Crippen LogP contribution in [0.3, 0.4) is 0 Å². The molecule has 1 aromatic heterocycles. The van der Waals surface area contributed by atoms with Crippen molar-refractivity contribution >= 4 is 21.7 Å². The number of hydrogen-bond acceptors (Lipinski definition) is 6. The van der Waals surface area contributed by atoms with Gasteiger partial charge < -0.3 is 19.2 Å². The molecule has 1 N–H and O–H groups in total. The van der Waals surface area contributed by atoms with Crippen molar-refractivity contribution in [3.8, 4) is 0 Å². The van der Waals surface area contributed by atoms with E-state index < -0.39 is 32.2 Å². The van der Waals surface area contributed by atoms with E-state index >= 15 is 0 Å². The van der Waals surface area contributed by atoms with E-state index in [1.54, 1.807) is 0 Å². The average Bonchev–Trinajstić information content (AvgIpc) is 2.94. The van der Waals surface area contributed by atoms with Crippen molar-refractivity contribution in [1.29, 1.82) is 0 Å². The molecular formula is C16H23NO7S. The third-order valence-corrected chi connectivity index (χ3v) is 7.03. The molecule has 1 aliphatic heterocycles. The number of aromatic carboxylic acids is 1. The summed E-state index contributed by atoms with van der Waals surface area (Å²) in [6, 6.07) is 1.35. The number of hydrogen-bond donors (Lipinski definition) is 1. The molecule has 1 saturated heterocycles. The summed E-state index contributed by atoms with van der Waals surface area (Å²) in [6.45, 7) is 3.67. The summed E-state index contributed by atoms with van der Waals surface area (Å²) in [5.41, 5.74) is 0.0266. The van der Waals surface area contributed by atoms with Gasteiger partial charge >= 0.3 is 5.97 Å². The molecular weight excluding hydrogens is 350 g/mol. The summed E-state index contributed by atoms with van der Waals surface area (Å²) < 4.78 is 35.8. The number of carbonyl (C=O) groups excluding carboxylic acids is 1. The number of carboxylic acid groups (broad SMARTS) is 1. The molecule has 1 aromatic rings. The summed E-state index contributed by atoms with van der Waals surface area (Å²) in [4.78, 5) is 24.8. The van der Waals surface area contributed by atoms with Crippen LogP contribution in [0.2, 0.25) is 0 Å². The van der Waals surface area contributed by atoms with Crippen LogP contribution in [-0.2, 0) is 25.9 Å². The Hall–Kier alpha value is -1.87. The Morgan fingerprint density at radius 3 is 2.48 bits per heavy atom.